The van der Waals surface area contributed by atoms with E-state index in [9.17, 15) is 18.3 Å². The molecule has 6 nitrogen and oxygen atoms in total. The predicted octanol–water partition coefficient (Wildman–Crippen LogP) is 1.99. The summed E-state index contributed by atoms with van der Waals surface area (Å²) < 4.78 is 26.0. The van der Waals surface area contributed by atoms with Crippen molar-refractivity contribution < 1.29 is 18.3 Å². The minimum atomic E-state index is -3.30. The molecule has 7 heteroatoms. The van der Waals surface area contributed by atoms with E-state index in [1.54, 1.807) is 36.2 Å². The summed E-state index contributed by atoms with van der Waals surface area (Å²) in [4.78, 5) is 14.4. The van der Waals surface area contributed by atoms with Crippen LogP contribution < -0.4 is 4.31 Å². The standard InChI is InChI=1S/C18H26N2O4S/c1-19(16-9-2-3-10-17(16)21)18(22)14-7-6-8-15(13-14)20-11-4-5-12-25(20,23)24/h6-8,13,16-17,21H,2-5,9-12H2,1H3/t16-,17-/m1/s1. The van der Waals surface area contributed by atoms with Gasteiger partial charge in [-0.2, -0.15) is 0 Å². The third kappa shape index (κ3) is 3.82. The molecule has 2 aliphatic rings. The molecule has 0 bridgehead atoms. The molecule has 1 aromatic rings. The molecule has 1 amide bonds. The maximum atomic E-state index is 12.8. The summed E-state index contributed by atoms with van der Waals surface area (Å²) >= 11 is 0. The zero-order chi connectivity index (χ0) is 18.0. The largest absolute Gasteiger partial charge is 0.391 e. The van der Waals surface area contributed by atoms with E-state index >= 15 is 0 Å². The number of hydrogen-bond acceptors (Lipinski definition) is 4. The lowest BCUT2D eigenvalue weighted by atomic mass is 9.91. The fraction of sp³-hybridized carbons (Fsp3) is 0.611. The first-order valence-electron chi connectivity index (χ1n) is 8.96. The first kappa shape index (κ1) is 18.2. The second kappa shape index (κ2) is 7.33. The van der Waals surface area contributed by atoms with E-state index in [0.717, 1.165) is 25.7 Å². The van der Waals surface area contributed by atoms with Crippen molar-refractivity contribution in [3.8, 4) is 0 Å². The van der Waals surface area contributed by atoms with Crippen LogP contribution in [0.4, 0.5) is 5.69 Å². The highest BCUT2D eigenvalue weighted by Gasteiger charge is 2.31. The molecule has 0 radical (unpaired) electrons. The Balaban J connectivity index is 1.82. The molecule has 1 saturated heterocycles. The first-order valence-corrected chi connectivity index (χ1v) is 10.6. The summed E-state index contributed by atoms with van der Waals surface area (Å²) in [6.07, 6.45) is 4.52. The number of sulfonamides is 1. The SMILES string of the molecule is CN(C(=O)c1cccc(N2CCCCS2(=O)=O)c1)[C@@H]1CCCC[C@H]1O. The van der Waals surface area contributed by atoms with Gasteiger partial charge in [0, 0.05) is 19.2 Å². The molecule has 3 rings (SSSR count). The van der Waals surface area contributed by atoms with Crippen LogP contribution in [-0.4, -0.2) is 55.8 Å². The van der Waals surface area contributed by atoms with Gasteiger partial charge in [-0.15, -0.1) is 0 Å². The van der Waals surface area contributed by atoms with Crippen molar-refractivity contribution >= 4 is 21.6 Å². The number of aliphatic hydroxyl groups excluding tert-OH is 1. The van der Waals surface area contributed by atoms with Crippen molar-refractivity contribution in [2.24, 2.45) is 0 Å². The summed E-state index contributed by atoms with van der Waals surface area (Å²) in [7, 11) is -1.59. The van der Waals surface area contributed by atoms with E-state index in [-0.39, 0.29) is 17.7 Å². The van der Waals surface area contributed by atoms with E-state index in [4.69, 9.17) is 0 Å². The van der Waals surface area contributed by atoms with E-state index in [1.807, 2.05) is 0 Å². The summed E-state index contributed by atoms with van der Waals surface area (Å²) in [5, 5.41) is 10.2. The monoisotopic (exact) mass is 366 g/mol. The van der Waals surface area contributed by atoms with Crippen LogP contribution in [0.2, 0.25) is 0 Å². The van der Waals surface area contributed by atoms with E-state index < -0.39 is 16.1 Å². The highest BCUT2D eigenvalue weighted by atomic mass is 32.2. The maximum absolute atomic E-state index is 12.8. The highest BCUT2D eigenvalue weighted by Crippen LogP contribution is 2.27. The molecule has 1 aromatic carbocycles. The maximum Gasteiger partial charge on any atom is 0.254 e. The van der Waals surface area contributed by atoms with Gasteiger partial charge in [0.05, 0.1) is 23.6 Å². The van der Waals surface area contributed by atoms with Gasteiger partial charge in [0.1, 0.15) is 0 Å². The first-order chi connectivity index (χ1) is 11.9. The van der Waals surface area contributed by atoms with Gasteiger partial charge >= 0.3 is 0 Å². The molecule has 1 heterocycles. The van der Waals surface area contributed by atoms with Crippen molar-refractivity contribution in [2.75, 3.05) is 23.7 Å². The molecule has 1 aliphatic heterocycles. The van der Waals surface area contributed by atoms with Crippen LogP contribution in [0.3, 0.4) is 0 Å². The Hall–Kier alpha value is -1.60. The van der Waals surface area contributed by atoms with Crippen LogP contribution in [0, 0.1) is 0 Å². The number of nitrogens with zero attached hydrogens (tertiary/aromatic N) is 2. The minimum Gasteiger partial charge on any atom is -0.391 e. The average molecular weight is 366 g/mol. The Morgan fingerprint density at radius 1 is 1.20 bits per heavy atom. The van der Waals surface area contributed by atoms with Gasteiger partial charge in [-0.3, -0.25) is 9.10 Å². The number of benzene rings is 1. The van der Waals surface area contributed by atoms with Crippen LogP contribution in [0.15, 0.2) is 24.3 Å². The molecule has 2 fully saturated rings. The fourth-order valence-corrected chi connectivity index (χ4v) is 5.40. The van der Waals surface area contributed by atoms with Gasteiger partial charge in [-0.05, 0) is 43.9 Å². The number of amides is 1. The van der Waals surface area contributed by atoms with Crippen LogP contribution >= 0.6 is 0 Å². The third-order valence-corrected chi connectivity index (χ3v) is 7.11. The van der Waals surface area contributed by atoms with Crippen molar-refractivity contribution in [3.05, 3.63) is 29.8 Å². The molecule has 25 heavy (non-hydrogen) atoms. The minimum absolute atomic E-state index is 0.152. The Kier molecular flexibility index (Phi) is 5.34. The van der Waals surface area contributed by atoms with Crippen LogP contribution in [0.5, 0.6) is 0 Å². The van der Waals surface area contributed by atoms with Crippen molar-refractivity contribution in [1.29, 1.82) is 0 Å². The van der Waals surface area contributed by atoms with Crippen LogP contribution in [-0.2, 0) is 10.0 Å². The molecule has 1 aliphatic carbocycles. The summed E-state index contributed by atoms with van der Waals surface area (Å²) in [6.45, 7) is 0.456. The second-order valence-corrected chi connectivity index (χ2v) is 8.99. The Labute approximate surface area is 149 Å². The molecule has 1 N–H and O–H groups in total. The van der Waals surface area contributed by atoms with Crippen LogP contribution in [0.1, 0.15) is 48.9 Å². The molecule has 0 unspecified atom stereocenters. The van der Waals surface area contributed by atoms with E-state index in [2.05, 4.69) is 0 Å². The van der Waals surface area contributed by atoms with Gasteiger partial charge in [0.25, 0.3) is 5.91 Å². The Bertz CT molecular complexity index is 734. The zero-order valence-corrected chi connectivity index (χ0v) is 15.4. The van der Waals surface area contributed by atoms with Crippen molar-refractivity contribution in [2.45, 2.75) is 50.7 Å². The van der Waals surface area contributed by atoms with Gasteiger partial charge in [-0.1, -0.05) is 18.9 Å². The quantitative estimate of drug-likeness (QED) is 0.887. The normalized spacial score (nSPS) is 26.2. The number of rotatable bonds is 3. The average Bonchev–Trinajstić information content (AvgIpc) is 2.60. The summed E-state index contributed by atoms with van der Waals surface area (Å²) in [6, 6.07) is 6.63. The highest BCUT2D eigenvalue weighted by molar-refractivity contribution is 7.92. The van der Waals surface area contributed by atoms with E-state index in [0.29, 0.717) is 30.6 Å². The van der Waals surface area contributed by atoms with Crippen molar-refractivity contribution in [1.82, 2.24) is 4.90 Å². The topological polar surface area (TPSA) is 77.9 Å². The number of carbonyl (C=O) groups excluding carboxylic acids is 1. The van der Waals surface area contributed by atoms with Gasteiger partial charge in [0.2, 0.25) is 10.0 Å². The molecule has 0 aromatic heterocycles. The molecule has 138 valence electrons. The lowest BCUT2D eigenvalue weighted by molar-refractivity contribution is 0.0268. The fourth-order valence-electron chi connectivity index (χ4n) is 3.77. The van der Waals surface area contributed by atoms with E-state index in [1.165, 1.54) is 4.31 Å². The molecule has 1 saturated carbocycles. The van der Waals surface area contributed by atoms with Crippen molar-refractivity contribution in [3.63, 3.8) is 0 Å². The van der Waals surface area contributed by atoms with Gasteiger partial charge in [0.15, 0.2) is 0 Å². The Morgan fingerprint density at radius 2 is 1.96 bits per heavy atom. The van der Waals surface area contributed by atoms with Crippen LogP contribution in [0.25, 0.3) is 0 Å². The summed E-state index contributed by atoms with van der Waals surface area (Å²) in [5.74, 6) is -0.0264. The predicted molar refractivity (Wildman–Crippen MR) is 97.2 cm³/mol. The molecular weight excluding hydrogens is 340 g/mol. The molecule has 0 spiro atoms. The molecule has 2 atom stereocenters. The number of hydrogen-bond donors (Lipinski definition) is 1. The number of anilines is 1. The Morgan fingerprint density at radius 3 is 2.68 bits per heavy atom. The van der Waals surface area contributed by atoms with Gasteiger partial charge in [-0.25, -0.2) is 8.42 Å². The molecular formula is C18H26N2O4S. The van der Waals surface area contributed by atoms with Gasteiger partial charge < -0.3 is 10.0 Å². The number of likely N-dealkylation sites (N-methyl/N-ethyl adjacent to an activating group) is 1. The lowest BCUT2D eigenvalue weighted by Crippen LogP contribution is -2.46. The second-order valence-electron chi connectivity index (χ2n) is 6.98. The third-order valence-electron chi connectivity index (χ3n) is 5.24. The number of carbonyl (C=O) groups is 1. The lowest BCUT2D eigenvalue weighted by Gasteiger charge is -2.35. The summed E-state index contributed by atoms with van der Waals surface area (Å²) in [5.41, 5.74) is 1.00. The number of aliphatic hydroxyl groups is 1. The smallest absolute Gasteiger partial charge is 0.254 e. The zero-order valence-electron chi connectivity index (χ0n) is 14.6.